The number of aryl methyl sites for hydroxylation is 3. The third kappa shape index (κ3) is 2.77. The van der Waals surface area contributed by atoms with Crippen molar-refractivity contribution in [1.29, 1.82) is 0 Å². The van der Waals surface area contributed by atoms with Crippen molar-refractivity contribution in [1.82, 2.24) is 39.1 Å². The molecule has 4 aromatic rings. The van der Waals surface area contributed by atoms with Gasteiger partial charge in [0.15, 0.2) is 0 Å². The predicted octanol–water partition coefficient (Wildman–Crippen LogP) is 3.43. The summed E-state index contributed by atoms with van der Waals surface area (Å²) in [5.41, 5.74) is 5.42. The van der Waals surface area contributed by atoms with Gasteiger partial charge in [-0.15, -0.1) is 5.10 Å². The molecule has 8 nitrogen and oxygen atoms in total. The number of rotatable bonds is 5. The molecule has 6 rings (SSSR count). The lowest BCUT2D eigenvalue weighted by Crippen LogP contribution is -2.01. The maximum atomic E-state index is 4.89. The van der Waals surface area contributed by atoms with Crippen molar-refractivity contribution in [2.24, 2.45) is 0 Å². The van der Waals surface area contributed by atoms with Gasteiger partial charge >= 0.3 is 0 Å². The summed E-state index contributed by atoms with van der Waals surface area (Å²) < 4.78 is 5.95. The lowest BCUT2D eigenvalue weighted by atomic mass is 10.1. The minimum absolute atomic E-state index is 0.456. The van der Waals surface area contributed by atoms with Gasteiger partial charge in [0.05, 0.1) is 17.9 Å². The van der Waals surface area contributed by atoms with E-state index in [1.54, 1.807) is 4.52 Å². The Hall–Kier alpha value is -3.03. The van der Waals surface area contributed by atoms with Gasteiger partial charge in [0.25, 0.3) is 5.78 Å². The normalized spacial score (nSPS) is 21.2. The summed E-state index contributed by atoms with van der Waals surface area (Å²) in [5, 5.41) is 14.1. The summed E-state index contributed by atoms with van der Waals surface area (Å²) in [6.45, 7) is 6.90. The van der Waals surface area contributed by atoms with E-state index < -0.39 is 0 Å². The van der Waals surface area contributed by atoms with E-state index in [1.165, 1.54) is 18.4 Å². The molecule has 0 aliphatic heterocycles. The van der Waals surface area contributed by atoms with Crippen molar-refractivity contribution in [3.05, 3.63) is 47.2 Å². The van der Waals surface area contributed by atoms with Crippen LogP contribution in [-0.4, -0.2) is 39.1 Å². The second kappa shape index (κ2) is 5.98. The van der Waals surface area contributed by atoms with E-state index >= 15 is 0 Å². The van der Waals surface area contributed by atoms with Crippen LogP contribution in [0, 0.1) is 13.8 Å². The molecular formula is C21H24N8. The van der Waals surface area contributed by atoms with E-state index in [0.717, 1.165) is 35.7 Å². The summed E-state index contributed by atoms with van der Waals surface area (Å²) in [6.07, 6.45) is 7.94. The van der Waals surface area contributed by atoms with Gasteiger partial charge in [-0.05, 0) is 63.6 Å². The standard InChI is InChI=1S/C21H24N8/c1-4-27-19(20-24-21-23-12(2)7-13(3)29(21)26-20)9-18(25-27)17-8-16(17)14-10-22-28(11-14)15-5-6-15/h7,9-11,15-17H,4-6,8H2,1-3H3. The Morgan fingerprint density at radius 3 is 2.72 bits per heavy atom. The van der Waals surface area contributed by atoms with E-state index in [-0.39, 0.29) is 0 Å². The van der Waals surface area contributed by atoms with Crippen LogP contribution in [0.2, 0.25) is 0 Å². The van der Waals surface area contributed by atoms with Crippen molar-refractivity contribution in [3.8, 4) is 11.5 Å². The van der Waals surface area contributed by atoms with Gasteiger partial charge in [-0.1, -0.05) is 0 Å². The molecule has 29 heavy (non-hydrogen) atoms. The molecular weight excluding hydrogens is 364 g/mol. The highest BCUT2D eigenvalue weighted by atomic mass is 15.4. The molecule has 2 aliphatic carbocycles. The fraction of sp³-hybridized carbons (Fsp3) is 0.476. The van der Waals surface area contributed by atoms with Crippen LogP contribution in [0.4, 0.5) is 0 Å². The van der Waals surface area contributed by atoms with Crippen LogP contribution in [0.1, 0.15) is 66.7 Å². The van der Waals surface area contributed by atoms with E-state index in [9.17, 15) is 0 Å². The molecule has 4 aromatic heterocycles. The molecule has 0 amide bonds. The first-order valence-electron chi connectivity index (χ1n) is 10.4. The van der Waals surface area contributed by atoms with Gasteiger partial charge in [0.2, 0.25) is 5.82 Å². The first-order valence-corrected chi connectivity index (χ1v) is 10.4. The Morgan fingerprint density at radius 1 is 1.07 bits per heavy atom. The Morgan fingerprint density at radius 2 is 1.93 bits per heavy atom. The third-order valence-electron chi connectivity index (χ3n) is 6.09. The molecule has 8 heteroatoms. The van der Waals surface area contributed by atoms with E-state index in [2.05, 4.69) is 38.9 Å². The third-order valence-corrected chi connectivity index (χ3v) is 6.09. The predicted molar refractivity (Wildman–Crippen MR) is 108 cm³/mol. The highest BCUT2D eigenvalue weighted by Crippen LogP contribution is 2.54. The topological polar surface area (TPSA) is 78.7 Å². The van der Waals surface area contributed by atoms with Crippen molar-refractivity contribution >= 4 is 5.78 Å². The second-order valence-electron chi connectivity index (χ2n) is 8.39. The van der Waals surface area contributed by atoms with Crippen LogP contribution in [0.15, 0.2) is 24.5 Å². The van der Waals surface area contributed by atoms with E-state index in [4.69, 9.17) is 10.2 Å². The lowest BCUT2D eigenvalue weighted by Gasteiger charge is -1.99. The van der Waals surface area contributed by atoms with Crippen LogP contribution in [0.5, 0.6) is 0 Å². The molecule has 2 unspecified atom stereocenters. The molecule has 4 heterocycles. The molecule has 0 N–H and O–H groups in total. The molecule has 0 saturated heterocycles. The van der Waals surface area contributed by atoms with Gasteiger partial charge in [0, 0.05) is 30.0 Å². The Kier molecular flexibility index (Phi) is 3.48. The molecule has 2 atom stereocenters. The summed E-state index contributed by atoms with van der Waals surface area (Å²) in [6, 6.07) is 4.81. The summed E-state index contributed by atoms with van der Waals surface area (Å²) in [4.78, 5) is 9.20. The van der Waals surface area contributed by atoms with Gasteiger partial charge < -0.3 is 0 Å². The number of nitrogens with zero attached hydrogens (tertiary/aromatic N) is 8. The monoisotopic (exact) mass is 388 g/mol. The average molecular weight is 388 g/mol. The summed E-state index contributed by atoms with van der Waals surface area (Å²) in [5.74, 6) is 2.30. The van der Waals surface area contributed by atoms with Crippen molar-refractivity contribution in [2.45, 2.75) is 64.5 Å². The molecule has 148 valence electrons. The fourth-order valence-electron chi connectivity index (χ4n) is 4.29. The Bertz CT molecular complexity index is 1230. The van der Waals surface area contributed by atoms with Crippen LogP contribution in [0.3, 0.4) is 0 Å². The molecule has 2 aliphatic rings. The molecule has 0 aromatic carbocycles. The summed E-state index contributed by atoms with van der Waals surface area (Å²) in [7, 11) is 0. The van der Waals surface area contributed by atoms with Crippen LogP contribution in [0.25, 0.3) is 17.3 Å². The first-order chi connectivity index (χ1) is 14.1. The smallest absolute Gasteiger partial charge is 0.253 e. The van der Waals surface area contributed by atoms with Crippen molar-refractivity contribution in [2.75, 3.05) is 0 Å². The molecule has 0 radical (unpaired) electrons. The van der Waals surface area contributed by atoms with Crippen molar-refractivity contribution < 1.29 is 0 Å². The number of fused-ring (bicyclic) bond motifs is 1. The molecule has 0 spiro atoms. The zero-order chi connectivity index (χ0) is 19.7. The van der Waals surface area contributed by atoms with Crippen LogP contribution < -0.4 is 0 Å². The molecule has 0 bridgehead atoms. The highest BCUT2D eigenvalue weighted by Gasteiger charge is 2.43. The molecule has 2 saturated carbocycles. The van der Waals surface area contributed by atoms with Gasteiger partial charge in [0.1, 0.15) is 5.69 Å². The maximum Gasteiger partial charge on any atom is 0.253 e. The number of aromatic nitrogens is 8. The number of hydrogen-bond donors (Lipinski definition) is 0. The van der Waals surface area contributed by atoms with E-state index in [1.807, 2.05) is 30.8 Å². The van der Waals surface area contributed by atoms with Crippen LogP contribution in [-0.2, 0) is 6.54 Å². The van der Waals surface area contributed by atoms with Crippen LogP contribution >= 0.6 is 0 Å². The Balaban J connectivity index is 1.32. The van der Waals surface area contributed by atoms with Gasteiger partial charge in [-0.2, -0.15) is 15.2 Å². The van der Waals surface area contributed by atoms with Crippen molar-refractivity contribution in [3.63, 3.8) is 0 Å². The largest absolute Gasteiger partial charge is 0.269 e. The summed E-state index contributed by atoms with van der Waals surface area (Å²) >= 11 is 0. The lowest BCUT2D eigenvalue weighted by molar-refractivity contribution is 0.640. The SMILES string of the molecule is CCn1nc(C2CC2c2cnn(C3CC3)c2)cc1-c1nc2nc(C)cc(C)n2n1. The highest BCUT2D eigenvalue weighted by molar-refractivity contribution is 5.54. The average Bonchev–Trinajstić information content (AvgIpc) is 3.56. The first kappa shape index (κ1) is 16.9. The quantitative estimate of drug-likeness (QED) is 0.523. The zero-order valence-corrected chi connectivity index (χ0v) is 16.9. The maximum absolute atomic E-state index is 4.89. The fourth-order valence-corrected chi connectivity index (χ4v) is 4.29. The number of hydrogen-bond acceptors (Lipinski definition) is 5. The second-order valence-corrected chi connectivity index (χ2v) is 8.39. The minimum Gasteiger partial charge on any atom is -0.269 e. The van der Waals surface area contributed by atoms with Gasteiger partial charge in [-0.25, -0.2) is 9.50 Å². The molecule has 2 fully saturated rings. The Labute approximate surface area is 168 Å². The zero-order valence-electron chi connectivity index (χ0n) is 16.9. The minimum atomic E-state index is 0.456. The van der Waals surface area contributed by atoms with E-state index in [0.29, 0.717) is 29.5 Å². The van der Waals surface area contributed by atoms with Gasteiger partial charge in [-0.3, -0.25) is 9.36 Å².